The van der Waals surface area contributed by atoms with Gasteiger partial charge in [0.15, 0.2) is 5.69 Å². The largest absolute Gasteiger partial charge is 0.464 e. The molecular formula is C13H12N2O4. The van der Waals surface area contributed by atoms with E-state index in [2.05, 4.69) is 14.7 Å². The Labute approximate surface area is 109 Å². The van der Waals surface area contributed by atoms with Crippen LogP contribution >= 0.6 is 0 Å². The molecule has 6 nitrogen and oxygen atoms in total. The van der Waals surface area contributed by atoms with E-state index in [0.29, 0.717) is 11.3 Å². The Bertz CT molecular complexity index is 569. The van der Waals surface area contributed by atoms with E-state index in [4.69, 9.17) is 9.84 Å². The molecule has 0 spiro atoms. The lowest BCUT2D eigenvalue weighted by Gasteiger charge is -2.08. The summed E-state index contributed by atoms with van der Waals surface area (Å²) < 4.78 is 10.00. The molecule has 0 bridgehead atoms. The van der Waals surface area contributed by atoms with Crippen molar-refractivity contribution in [3.63, 3.8) is 0 Å². The van der Waals surface area contributed by atoms with Crippen molar-refractivity contribution in [2.75, 3.05) is 7.11 Å². The summed E-state index contributed by atoms with van der Waals surface area (Å²) in [5.41, 5.74) is 0.742. The van der Waals surface area contributed by atoms with E-state index in [1.165, 1.54) is 19.5 Å². The highest BCUT2D eigenvalue weighted by atomic mass is 16.5. The van der Waals surface area contributed by atoms with Crippen LogP contribution in [0.1, 0.15) is 16.1 Å². The highest BCUT2D eigenvalue weighted by molar-refractivity contribution is 5.86. The quantitative estimate of drug-likeness (QED) is 0.840. The van der Waals surface area contributed by atoms with Crippen molar-refractivity contribution in [1.82, 2.24) is 9.97 Å². The van der Waals surface area contributed by atoms with Crippen molar-refractivity contribution >= 4 is 5.97 Å². The zero-order chi connectivity index (χ0) is 13.7. The summed E-state index contributed by atoms with van der Waals surface area (Å²) >= 11 is 0. The van der Waals surface area contributed by atoms with Crippen molar-refractivity contribution in [2.45, 2.75) is 6.61 Å². The fourth-order valence-electron chi connectivity index (χ4n) is 1.43. The van der Waals surface area contributed by atoms with Gasteiger partial charge >= 0.3 is 5.97 Å². The van der Waals surface area contributed by atoms with Crippen LogP contribution in [0.5, 0.6) is 11.6 Å². The number of esters is 1. The monoisotopic (exact) mass is 260 g/mol. The maximum absolute atomic E-state index is 11.2. The summed E-state index contributed by atoms with van der Waals surface area (Å²) in [5.74, 6) is 0.161. The van der Waals surface area contributed by atoms with Crippen LogP contribution in [-0.2, 0) is 11.3 Å². The van der Waals surface area contributed by atoms with Crippen LogP contribution in [-0.4, -0.2) is 28.2 Å². The standard InChI is InChI=1S/C13H12N2O4/c1-18-13(17)10-6-15-12(7-14-10)19-11-5-3-2-4-9(11)8-16/h2-7,16H,8H2,1H3. The molecule has 0 saturated carbocycles. The Morgan fingerprint density at radius 1 is 1.26 bits per heavy atom. The van der Waals surface area contributed by atoms with Crippen molar-refractivity contribution in [1.29, 1.82) is 0 Å². The minimum Gasteiger partial charge on any atom is -0.464 e. The first kappa shape index (κ1) is 13.0. The molecule has 1 heterocycles. The minimum absolute atomic E-state index is 0.102. The van der Waals surface area contributed by atoms with Gasteiger partial charge in [-0.2, -0.15) is 0 Å². The maximum Gasteiger partial charge on any atom is 0.358 e. The number of aliphatic hydroxyl groups is 1. The Morgan fingerprint density at radius 3 is 2.68 bits per heavy atom. The molecule has 2 aromatic rings. The number of nitrogens with zero attached hydrogens (tertiary/aromatic N) is 2. The molecule has 6 heteroatoms. The molecule has 19 heavy (non-hydrogen) atoms. The van der Waals surface area contributed by atoms with Crippen LogP contribution < -0.4 is 4.74 Å². The van der Waals surface area contributed by atoms with Crippen LogP contribution in [0.15, 0.2) is 36.7 Å². The zero-order valence-corrected chi connectivity index (χ0v) is 10.2. The number of para-hydroxylation sites is 1. The highest BCUT2D eigenvalue weighted by Crippen LogP contribution is 2.23. The first-order valence-electron chi connectivity index (χ1n) is 5.51. The number of methoxy groups -OCH3 is 1. The number of carbonyl (C=O) groups is 1. The van der Waals surface area contributed by atoms with Gasteiger partial charge in [-0.05, 0) is 6.07 Å². The third-order valence-electron chi connectivity index (χ3n) is 2.38. The fraction of sp³-hybridized carbons (Fsp3) is 0.154. The van der Waals surface area contributed by atoms with Crippen molar-refractivity contribution in [3.8, 4) is 11.6 Å². The van der Waals surface area contributed by atoms with Gasteiger partial charge in [0.2, 0.25) is 5.88 Å². The van der Waals surface area contributed by atoms with Gasteiger partial charge < -0.3 is 14.6 Å². The van der Waals surface area contributed by atoms with Crippen molar-refractivity contribution in [2.24, 2.45) is 0 Å². The Morgan fingerprint density at radius 2 is 2.05 bits per heavy atom. The van der Waals surface area contributed by atoms with Crippen LogP contribution in [0.3, 0.4) is 0 Å². The van der Waals surface area contributed by atoms with E-state index >= 15 is 0 Å². The van der Waals surface area contributed by atoms with Gasteiger partial charge in [-0.15, -0.1) is 0 Å². The lowest BCUT2D eigenvalue weighted by Crippen LogP contribution is -2.05. The lowest BCUT2D eigenvalue weighted by atomic mass is 10.2. The lowest BCUT2D eigenvalue weighted by molar-refractivity contribution is 0.0593. The molecule has 0 aliphatic rings. The van der Waals surface area contributed by atoms with Crippen LogP contribution in [0, 0.1) is 0 Å². The van der Waals surface area contributed by atoms with Crippen LogP contribution in [0.2, 0.25) is 0 Å². The number of rotatable bonds is 4. The summed E-state index contributed by atoms with van der Waals surface area (Å²) in [7, 11) is 1.27. The molecular weight excluding hydrogens is 248 g/mol. The van der Waals surface area contributed by atoms with E-state index in [0.717, 1.165) is 0 Å². The molecule has 0 unspecified atom stereocenters. The molecule has 0 radical (unpaired) electrons. The molecule has 98 valence electrons. The summed E-state index contributed by atoms with van der Waals surface area (Å²) in [4.78, 5) is 19.0. The Kier molecular flexibility index (Phi) is 4.04. The number of hydrogen-bond donors (Lipinski definition) is 1. The third-order valence-corrected chi connectivity index (χ3v) is 2.38. The summed E-state index contributed by atoms with van der Waals surface area (Å²) in [6.07, 6.45) is 2.59. The number of ether oxygens (including phenoxy) is 2. The highest BCUT2D eigenvalue weighted by Gasteiger charge is 2.09. The number of carbonyl (C=O) groups excluding carboxylic acids is 1. The van der Waals surface area contributed by atoms with Gasteiger partial charge in [-0.25, -0.2) is 14.8 Å². The van der Waals surface area contributed by atoms with Crippen LogP contribution in [0.4, 0.5) is 0 Å². The van der Waals surface area contributed by atoms with E-state index in [1.807, 2.05) is 0 Å². The van der Waals surface area contributed by atoms with Gasteiger partial charge in [-0.3, -0.25) is 0 Å². The van der Waals surface area contributed by atoms with E-state index in [-0.39, 0.29) is 18.2 Å². The Hall–Kier alpha value is -2.47. The van der Waals surface area contributed by atoms with Gasteiger partial charge in [-0.1, -0.05) is 18.2 Å². The molecule has 1 aromatic carbocycles. The van der Waals surface area contributed by atoms with E-state index in [9.17, 15) is 4.79 Å². The smallest absolute Gasteiger partial charge is 0.358 e. The number of aromatic nitrogens is 2. The molecule has 0 atom stereocenters. The number of hydrogen-bond acceptors (Lipinski definition) is 6. The molecule has 0 amide bonds. The summed E-state index contributed by atoms with van der Waals surface area (Å²) in [6, 6.07) is 7.03. The van der Waals surface area contributed by atoms with Gasteiger partial charge in [0.1, 0.15) is 5.75 Å². The molecule has 1 N–H and O–H groups in total. The van der Waals surface area contributed by atoms with Crippen molar-refractivity contribution in [3.05, 3.63) is 47.9 Å². The molecule has 1 aromatic heterocycles. The fourth-order valence-corrected chi connectivity index (χ4v) is 1.43. The average molecular weight is 260 g/mol. The number of benzene rings is 1. The number of aliphatic hydroxyl groups excluding tert-OH is 1. The molecule has 0 saturated heterocycles. The molecule has 2 rings (SSSR count). The third kappa shape index (κ3) is 3.05. The predicted octanol–water partition coefficient (Wildman–Crippen LogP) is 1.55. The molecule has 0 fully saturated rings. The maximum atomic E-state index is 11.2. The first-order valence-corrected chi connectivity index (χ1v) is 5.51. The molecule has 0 aliphatic carbocycles. The normalized spacial score (nSPS) is 10.0. The Balaban J connectivity index is 2.17. The minimum atomic E-state index is -0.560. The van der Waals surface area contributed by atoms with Gasteiger partial charge in [0.25, 0.3) is 0 Å². The summed E-state index contributed by atoms with van der Waals surface area (Å²) in [5, 5.41) is 9.17. The topological polar surface area (TPSA) is 81.5 Å². The van der Waals surface area contributed by atoms with E-state index < -0.39 is 5.97 Å². The molecule has 0 aliphatic heterocycles. The SMILES string of the molecule is COC(=O)c1cnc(Oc2ccccc2CO)cn1. The second kappa shape index (κ2) is 5.92. The second-order valence-electron chi connectivity index (χ2n) is 3.60. The van der Waals surface area contributed by atoms with Crippen molar-refractivity contribution < 1.29 is 19.4 Å². The predicted molar refractivity (Wildman–Crippen MR) is 65.8 cm³/mol. The first-order chi connectivity index (χ1) is 9.24. The zero-order valence-electron chi connectivity index (χ0n) is 10.2. The van der Waals surface area contributed by atoms with E-state index in [1.54, 1.807) is 24.3 Å². The average Bonchev–Trinajstić information content (AvgIpc) is 2.48. The van der Waals surface area contributed by atoms with Gasteiger partial charge in [0.05, 0.1) is 26.1 Å². The van der Waals surface area contributed by atoms with Crippen LogP contribution in [0.25, 0.3) is 0 Å². The van der Waals surface area contributed by atoms with Gasteiger partial charge in [0, 0.05) is 5.56 Å². The summed E-state index contributed by atoms with van der Waals surface area (Å²) in [6.45, 7) is -0.135. The second-order valence-corrected chi connectivity index (χ2v) is 3.60.